The number of hydrogen-bond acceptors (Lipinski definition) is 3. The van der Waals surface area contributed by atoms with Crippen molar-refractivity contribution >= 4 is 0 Å². The largest absolute Gasteiger partial charge is 0.507 e. The summed E-state index contributed by atoms with van der Waals surface area (Å²) in [4.78, 5) is 2.65. The topological polar surface area (TPSA) is 35.5 Å². The van der Waals surface area contributed by atoms with E-state index in [0.29, 0.717) is 17.7 Å². The molecular weight excluding hydrogens is 320 g/mol. The zero-order valence-corrected chi connectivity index (χ0v) is 17.8. The van der Waals surface area contributed by atoms with Crippen LogP contribution in [0.1, 0.15) is 78.0 Å². The molecule has 26 heavy (non-hydrogen) atoms. The number of phenolic OH excluding ortho intramolecular Hbond substituents is 1. The standard InChI is InChI=1S/C23H38N2O/c1-15-13-25(18-8-9-18)14-20(15)24-12-16-10-17(22(2,3)4)11-19(21(16)26)23(5,6)7/h10-11,15,18,20,24,26H,8-9,12-14H2,1-7H3. The van der Waals surface area contributed by atoms with Gasteiger partial charge in [-0.25, -0.2) is 0 Å². The number of benzene rings is 1. The monoisotopic (exact) mass is 358 g/mol. The predicted molar refractivity (Wildman–Crippen MR) is 110 cm³/mol. The normalized spacial score (nSPS) is 25.0. The van der Waals surface area contributed by atoms with E-state index in [1.807, 2.05) is 0 Å². The van der Waals surface area contributed by atoms with Crippen LogP contribution < -0.4 is 5.32 Å². The quantitative estimate of drug-likeness (QED) is 0.828. The van der Waals surface area contributed by atoms with Crippen molar-refractivity contribution in [3.05, 3.63) is 28.8 Å². The van der Waals surface area contributed by atoms with Gasteiger partial charge in [0.2, 0.25) is 0 Å². The van der Waals surface area contributed by atoms with Crippen molar-refractivity contribution in [2.24, 2.45) is 5.92 Å². The number of aromatic hydroxyl groups is 1. The van der Waals surface area contributed by atoms with Crippen LogP contribution in [0.5, 0.6) is 5.75 Å². The third-order valence-corrected chi connectivity index (χ3v) is 6.12. The number of phenols is 1. The molecule has 1 aromatic rings. The summed E-state index contributed by atoms with van der Waals surface area (Å²) in [6.45, 7) is 18.7. The van der Waals surface area contributed by atoms with Crippen LogP contribution >= 0.6 is 0 Å². The lowest BCUT2D eigenvalue weighted by molar-refractivity contribution is 0.313. The van der Waals surface area contributed by atoms with Gasteiger partial charge in [-0.3, -0.25) is 4.90 Å². The summed E-state index contributed by atoms with van der Waals surface area (Å²) in [6.07, 6.45) is 2.76. The highest BCUT2D eigenvalue weighted by Crippen LogP contribution is 2.38. The maximum Gasteiger partial charge on any atom is 0.123 e. The second-order valence-electron chi connectivity index (χ2n) is 10.7. The Morgan fingerprint density at radius 1 is 1.04 bits per heavy atom. The molecule has 1 aromatic carbocycles. The summed E-state index contributed by atoms with van der Waals surface area (Å²) < 4.78 is 0. The summed E-state index contributed by atoms with van der Waals surface area (Å²) >= 11 is 0. The minimum Gasteiger partial charge on any atom is -0.507 e. The fourth-order valence-corrected chi connectivity index (χ4v) is 4.08. The molecule has 1 aliphatic heterocycles. The van der Waals surface area contributed by atoms with Gasteiger partial charge in [-0.05, 0) is 40.7 Å². The van der Waals surface area contributed by atoms with Gasteiger partial charge in [0.1, 0.15) is 5.75 Å². The van der Waals surface area contributed by atoms with E-state index in [2.05, 4.69) is 70.8 Å². The molecule has 2 aliphatic rings. The number of rotatable bonds is 4. The molecule has 1 saturated carbocycles. The summed E-state index contributed by atoms with van der Waals surface area (Å²) in [5.74, 6) is 1.15. The maximum absolute atomic E-state index is 11.0. The second-order valence-corrected chi connectivity index (χ2v) is 10.7. The first-order chi connectivity index (χ1) is 12.0. The molecule has 146 valence electrons. The number of hydrogen-bond donors (Lipinski definition) is 2. The van der Waals surface area contributed by atoms with Crippen LogP contribution in [-0.2, 0) is 17.4 Å². The Labute approximate surface area is 160 Å². The third kappa shape index (κ3) is 4.26. The molecule has 2 fully saturated rings. The van der Waals surface area contributed by atoms with Crippen LogP contribution in [0.15, 0.2) is 12.1 Å². The zero-order chi connectivity index (χ0) is 19.3. The summed E-state index contributed by atoms with van der Waals surface area (Å²) in [6, 6.07) is 5.77. The average molecular weight is 359 g/mol. The van der Waals surface area contributed by atoms with Crippen molar-refractivity contribution in [2.75, 3.05) is 13.1 Å². The van der Waals surface area contributed by atoms with E-state index >= 15 is 0 Å². The lowest BCUT2D eigenvalue weighted by atomic mass is 9.79. The van der Waals surface area contributed by atoms with Gasteiger partial charge in [-0.2, -0.15) is 0 Å². The van der Waals surface area contributed by atoms with Crippen molar-refractivity contribution in [3.63, 3.8) is 0 Å². The lowest BCUT2D eigenvalue weighted by Gasteiger charge is -2.28. The van der Waals surface area contributed by atoms with E-state index in [4.69, 9.17) is 0 Å². The molecule has 0 amide bonds. The molecule has 3 heteroatoms. The van der Waals surface area contributed by atoms with Crippen LogP contribution in [0, 0.1) is 5.92 Å². The fourth-order valence-electron chi connectivity index (χ4n) is 4.08. The molecule has 1 saturated heterocycles. The molecule has 0 bridgehead atoms. The van der Waals surface area contributed by atoms with Crippen LogP contribution in [0.4, 0.5) is 0 Å². The average Bonchev–Trinajstić information content (AvgIpc) is 3.28. The van der Waals surface area contributed by atoms with Crippen molar-refractivity contribution in [1.29, 1.82) is 0 Å². The Hall–Kier alpha value is -1.06. The first-order valence-electron chi connectivity index (χ1n) is 10.3. The molecule has 3 nitrogen and oxygen atoms in total. The van der Waals surface area contributed by atoms with Crippen molar-refractivity contribution in [1.82, 2.24) is 10.2 Å². The minimum absolute atomic E-state index is 0.0660. The van der Waals surface area contributed by atoms with Crippen molar-refractivity contribution < 1.29 is 5.11 Å². The molecule has 1 aliphatic carbocycles. The minimum atomic E-state index is -0.0660. The fraction of sp³-hybridized carbons (Fsp3) is 0.739. The van der Waals surface area contributed by atoms with Gasteiger partial charge in [0.05, 0.1) is 0 Å². The second kappa shape index (κ2) is 6.83. The Bertz CT molecular complexity index is 649. The van der Waals surface area contributed by atoms with Gasteiger partial charge in [0.25, 0.3) is 0 Å². The van der Waals surface area contributed by atoms with Gasteiger partial charge in [-0.15, -0.1) is 0 Å². The maximum atomic E-state index is 11.0. The van der Waals surface area contributed by atoms with Crippen LogP contribution in [0.3, 0.4) is 0 Å². The molecule has 2 atom stereocenters. The van der Waals surface area contributed by atoms with Gasteiger partial charge < -0.3 is 10.4 Å². The predicted octanol–water partition coefficient (Wildman–Crippen LogP) is 4.56. The van der Waals surface area contributed by atoms with Crippen LogP contribution in [-0.4, -0.2) is 35.2 Å². The molecule has 2 N–H and O–H groups in total. The number of nitrogens with zero attached hydrogens (tertiary/aromatic N) is 1. The van der Waals surface area contributed by atoms with Gasteiger partial charge >= 0.3 is 0 Å². The summed E-state index contributed by atoms with van der Waals surface area (Å²) in [7, 11) is 0. The van der Waals surface area contributed by atoms with Gasteiger partial charge in [0, 0.05) is 37.3 Å². The number of nitrogens with one attached hydrogen (secondary N) is 1. The highest BCUT2D eigenvalue weighted by Gasteiger charge is 2.38. The Morgan fingerprint density at radius 3 is 2.23 bits per heavy atom. The first kappa shape index (κ1) is 19.7. The smallest absolute Gasteiger partial charge is 0.123 e. The molecule has 0 aromatic heterocycles. The van der Waals surface area contributed by atoms with E-state index in [9.17, 15) is 5.11 Å². The van der Waals surface area contributed by atoms with E-state index in [1.54, 1.807) is 0 Å². The van der Waals surface area contributed by atoms with Gasteiger partial charge in [0.15, 0.2) is 0 Å². The highest BCUT2D eigenvalue weighted by atomic mass is 16.3. The molecule has 0 spiro atoms. The highest BCUT2D eigenvalue weighted by molar-refractivity contribution is 5.48. The number of likely N-dealkylation sites (tertiary alicyclic amines) is 1. The Kier molecular flexibility index (Phi) is 5.18. The SMILES string of the molecule is CC1CN(C2CC2)CC1NCc1cc(C(C)(C)C)cc(C(C)(C)C)c1O. The van der Waals surface area contributed by atoms with Gasteiger partial charge in [-0.1, -0.05) is 60.6 Å². The first-order valence-corrected chi connectivity index (χ1v) is 10.3. The Balaban J connectivity index is 1.80. The van der Waals surface area contributed by atoms with Crippen molar-refractivity contribution in [3.8, 4) is 5.75 Å². The lowest BCUT2D eigenvalue weighted by Crippen LogP contribution is -2.35. The molecule has 0 radical (unpaired) electrons. The van der Waals surface area contributed by atoms with E-state index < -0.39 is 0 Å². The zero-order valence-electron chi connectivity index (χ0n) is 17.8. The van der Waals surface area contributed by atoms with Crippen LogP contribution in [0.2, 0.25) is 0 Å². The summed E-state index contributed by atoms with van der Waals surface area (Å²) in [5, 5.41) is 14.7. The Morgan fingerprint density at radius 2 is 1.69 bits per heavy atom. The molecule has 3 rings (SSSR count). The van der Waals surface area contributed by atoms with E-state index in [0.717, 1.165) is 30.3 Å². The third-order valence-electron chi connectivity index (χ3n) is 6.12. The van der Waals surface area contributed by atoms with E-state index in [-0.39, 0.29) is 10.8 Å². The molecular formula is C23H38N2O. The van der Waals surface area contributed by atoms with Crippen molar-refractivity contribution in [2.45, 2.75) is 90.8 Å². The summed E-state index contributed by atoms with van der Waals surface area (Å²) in [5.41, 5.74) is 3.41. The molecule has 2 unspecified atom stereocenters. The van der Waals surface area contributed by atoms with E-state index in [1.165, 1.54) is 24.9 Å². The van der Waals surface area contributed by atoms with Crippen LogP contribution in [0.25, 0.3) is 0 Å². The molecule has 1 heterocycles.